The number of carboxylic acid groups (broad SMARTS) is 1. The molecule has 1 atom stereocenters. The lowest BCUT2D eigenvalue weighted by Gasteiger charge is -2.04. The van der Waals surface area contributed by atoms with Gasteiger partial charge < -0.3 is 5.11 Å². The number of carboxylic acids is 1. The number of nitriles is 1. The van der Waals surface area contributed by atoms with Gasteiger partial charge in [-0.15, -0.1) is 0 Å². The maximum atomic E-state index is 12.2. The maximum Gasteiger partial charge on any atom is 0.335 e. The van der Waals surface area contributed by atoms with E-state index in [-0.39, 0.29) is 11.3 Å². The molecule has 0 aliphatic heterocycles. The molecule has 4 nitrogen and oxygen atoms in total. The van der Waals surface area contributed by atoms with Gasteiger partial charge >= 0.3 is 5.97 Å². The summed E-state index contributed by atoms with van der Waals surface area (Å²) in [5, 5.41) is 17.7. The van der Waals surface area contributed by atoms with Crippen molar-refractivity contribution >= 4 is 16.8 Å². The van der Waals surface area contributed by atoms with Gasteiger partial charge in [0.1, 0.15) is 0 Å². The van der Waals surface area contributed by atoms with E-state index in [1.54, 1.807) is 36.4 Å². The molecule has 2 rings (SSSR count). The second kappa shape index (κ2) is 6.13. The van der Waals surface area contributed by atoms with E-state index >= 15 is 0 Å². The van der Waals surface area contributed by atoms with E-state index in [4.69, 9.17) is 10.4 Å². The van der Waals surface area contributed by atoms with Gasteiger partial charge in [0.25, 0.3) is 0 Å². The normalized spacial score (nSPS) is 11.6. The highest BCUT2D eigenvalue weighted by molar-refractivity contribution is 7.84. The van der Waals surface area contributed by atoms with Gasteiger partial charge in [-0.05, 0) is 35.9 Å². The number of nitrogens with zero attached hydrogens (tertiary/aromatic N) is 1. The standard InChI is InChI=1S/C15H11NO3S/c16-9-11-3-1-4-12(7-11)10-20(19)14-6-2-5-13(8-14)15(17)18/h1-8H,10H2,(H,17,18). The summed E-state index contributed by atoms with van der Waals surface area (Å²) in [5.74, 6) is -0.797. The van der Waals surface area contributed by atoms with Crippen molar-refractivity contribution in [3.63, 3.8) is 0 Å². The van der Waals surface area contributed by atoms with Gasteiger partial charge in [-0.2, -0.15) is 5.26 Å². The van der Waals surface area contributed by atoms with Crippen LogP contribution in [0.5, 0.6) is 0 Å². The average molecular weight is 285 g/mol. The first kappa shape index (κ1) is 14.0. The van der Waals surface area contributed by atoms with Crippen LogP contribution < -0.4 is 0 Å². The van der Waals surface area contributed by atoms with Gasteiger partial charge in [-0.3, -0.25) is 4.21 Å². The molecule has 5 heteroatoms. The van der Waals surface area contributed by atoms with Crippen molar-refractivity contribution in [3.8, 4) is 6.07 Å². The maximum absolute atomic E-state index is 12.2. The second-order valence-electron chi connectivity index (χ2n) is 4.14. The molecular formula is C15H11NO3S. The van der Waals surface area contributed by atoms with Crippen LogP contribution in [0.4, 0.5) is 0 Å². The Kier molecular flexibility index (Phi) is 4.28. The van der Waals surface area contributed by atoms with Crippen molar-refractivity contribution in [2.75, 3.05) is 0 Å². The van der Waals surface area contributed by atoms with Gasteiger partial charge in [-0.1, -0.05) is 18.2 Å². The molecule has 0 saturated heterocycles. The molecule has 1 N–H and O–H groups in total. The lowest BCUT2D eigenvalue weighted by atomic mass is 10.2. The van der Waals surface area contributed by atoms with E-state index in [0.717, 1.165) is 5.56 Å². The van der Waals surface area contributed by atoms with Gasteiger partial charge in [0.2, 0.25) is 0 Å². The fourth-order valence-corrected chi connectivity index (χ4v) is 2.87. The van der Waals surface area contributed by atoms with E-state index in [1.807, 2.05) is 6.07 Å². The van der Waals surface area contributed by atoms with E-state index in [2.05, 4.69) is 0 Å². The molecule has 0 heterocycles. The Morgan fingerprint density at radius 1 is 1.20 bits per heavy atom. The molecule has 2 aromatic rings. The first-order chi connectivity index (χ1) is 9.60. The van der Waals surface area contributed by atoms with Crippen LogP contribution in [0.15, 0.2) is 53.4 Å². The van der Waals surface area contributed by atoms with Crippen LogP contribution in [0.3, 0.4) is 0 Å². The molecule has 2 aromatic carbocycles. The van der Waals surface area contributed by atoms with Crippen LogP contribution in [-0.4, -0.2) is 15.3 Å². The largest absolute Gasteiger partial charge is 0.478 e. The molecule has 0 radical (unpaired) electrons. The molecule has 0 aromatic heterocycles. The number of benzene rings is 2. The molecule has 0 aliphatic carbocycles. The predicted molar refractivity (Wildman–Crippen MR) is 74.7 cm³/mol. The molecule has 0 amide bonds. The first-order valence-corrected chi connectivity index (χ1v) is 7.13. The smallest absolute Gasteiger partial charge is 0.335 e. The number of aromatic carboxylic acids is 1. The molecule has 0 spiro atoms. The highest BCUT2D eigenvalue weighted by atomic mass is 32.2. The Bertz CT molecular complexity index is 719. The minimum Gasteiger partial charge on any atom is -0.478 e. The zero-order valence-electron chi connectivity index (χ0n) is 10.4. The molecule has 0 saturated carbocycles. The summed E-state index contributed by atoms with van der Waals surface area (Å²) in [4.78, 5) is 11.3. The van der Waals surface area contributed by atoms with Crippen molar-refractivity contribution in [2.24, 2.45) is 0 Å². The third kappa shape index (κ3) is 3.31. The van der Waals surface area contributed by atoms with Gasteiger partial charge in [-0.25, -0.2) is 4.79 Å². The van der Waals surface area contributed by atoms with Crippen molar-refractivity contribution in [3.05, 3.63) is 65.2 Å². The van der Waals surface area contributed by atoms with Crippen molar-refractivity contribution in [2.45, 2.75) is 10.6 Å². The number of hydrogen-bond donors (Lipinski definition) is 1. The highest BCUT2D eigenvalue weighted by Gasteiger charge is 2.09. The van der Waals surface area contributed by atoms with Crippen LogP contribution in [0.1, 0.15) is 21.5 Å². The Balaban J connectivity index is 2.22. The van der Waals surface area contributed by atoms with E-state index < -0.39 is 16.8 Å². The van der Waals surface area contributed by atoms with Crippen LogP contribution in [0, 0.1) is 11.3 Å². The third-order valence-electron chi connectivity index (χ3n) is 2.70. The minimum atomic E-state index is -1.34. The summed E-state index contributed by atoms with van der Waals surface area (Å²) in [6.07, 6.45) is 0. The number of carbonyl (C=O) groups is 1. The summed E-state index contributed by atoms with van der Waals surface area (Å²) in [6.45, 7) is 0. The van der Waals surface area contributed by atoms with E-state index in [9.17, 15) is 9.00 Å². The zero-order valence-corrected chi connectivity index (χ0v) is 11.3. The number of hydrogen-bond acceptors (Lipinski definition) is 3. The quantitative estimate of drug-likeness (QED) is 0.936. The van der Waals surface area contributed by atoms with Crippen molar-refractivity contribution in [1.82, 2.24) is 0 Å². The van der Waals surface area contributed by atoms with Crippen LogP contribution in [0.25, 0.3) is 0 Å². The third-order valence-corrected chi connectivity index (χ3v) is 4.07. The summed E-state index contributed by atoms with van der Waals surface area (Å²) in [6, 6.07) is 15.0. The molecule has 20 heavy (non-hydrogen) atoms. The monoisotopic (exact) mass is 285 g/mol. The molecule has 0 aliphatic rings. The van der Waals surface area contributed by atoms with Gasteiger partial charge in [0.15, 0.2) is 0 Å². The van der Waals surface area contributed by atoms with Crippen molar-refractivity contribution in [1.29, 1.82) is 5.26 Å². The lowest BCUT2D eigenvalue weighted by Crippen LogP contribution is -2.01. The van der Waals surface area contributed by atoms with E-state index in [1.165, 1.54) is 12.1 Å². The van der Waals surface area contributed by atoms with Crippen LogP contribution in [0.2, 0.25) is 0 Å². The minimum absolute atomic E-state index is 0.113. The Hall–Kier alpha value is -2.45. The molecule has 0 fully saturated rings. The first-order valence-electron chi connectivity index (χ1n) is 5.81. The summed E-state index contributed by atoms with van der Waals surface area (Å²) < 4.78 is 12.2. The van der Waals surface area contributed by atoms with Crippen LogP contribution in [-0.2, 0) is 16.6 Å². The summed E-state index contributed by atoms with van der Waals surface area (Å²) in [5.41, 5.74) is 1.41. The van der Waals surface area contributed by atoms with E-state index in [0.29, 0.717) is 10.5 Å². The molecule has 1 unspecified atom stereocenters. The fourth-order valence-electron chi connectivity index (χ4n) is 1.74. The molecular weight excluding hydrogens is 274 g/mol. The van der Waals surface area contributed by atoms with Crippen molar-refractivity contribution < 1.29 is 14.1 Å². The topological polar surface area (TPSA) is 78.2 Å². The predicted octanol–water partition coefficient (Wildman–Crippen LogP) is 2.56. The lowest BCUT2D eigenvalue weighted by molar-refractivity contribution is 0.0696. The Morgan fingerprint density at radius 3 is 2.65 bits per heavy atom. The summed E-state index contributed by atoms with van der Waals surface area (Å²) in [7, 11) is -1.34. The SMILES string of the molecule is N#Cc1cccc(CS(=O)c2cccc(C(=O)O)c2)c1. The Morgan fingerprint density at radius 2 is 1.95 bits per heavy atom. The number of rotatable bonds is 4. The molecule has 0 bridgehead atoms. The fraction of sp³-hybridized carbons (Fsp3) is 0.0667. The summed E-state index contributed by atoms with van der Waals surface area (Å²) >= 11 is 0. The highest BCUT2D eigenvalue weighted by Crippen LogP contribution is 2.15. The average Bonchev–Trinajstić information content (AvgIpc) is 2.47. The second-order valence-corrected chi connectivity index (χ2v) is 5.59. The Labute approximate surface area is 118 Å². The van der Waals surface area contributed by atoms with Crippen LogP contribution >= 0.6 is 0 Å². The van der Waals surface area contributed by atoms with Gasteiger partial charge in [0, 0.05) is 4.90 Å². The molecule has 100 valence electrons. The van der Waals surface area contributed by atoms with Gasteiger partial charge in [0.05, 0.1) is 33.7 Å². The zero-order chi connectivity index (χ0) is 14.5.